The zero-order chi connectivity index (χ0) is 23.8. The number of hydrogen-bond donors (Lipinski definition) is 1. The molecule has 0 saturated heterocycles. The third-order valence-electron chi connectivity index (χ3n) is 5.81. The van der Waals surface area contributed by atoms with Gasteiger partial charge in [0.2, 0.25) is 5.60 Å². The molecule has 0 saturated carbocycles. The Hall–Kier alpha value is -3.53. The summed E-state index contributed by atoms with van der Waals surface area (Å²) in [5, 5.41) is 9.38. The fourth-order valence-corrected chi connectivity index (χ4v) is 3.29. The minimum absolute atomic E-state index is 0.335. The second kappa shape index (κ2) is 10.9. The van der Waals surface area contributed by atoms with E-state index in [1.165, 1.54) is 16.7 Å². The van der Waals surface area contributed by atoms with Gasteiger partial charge in [0.15, 0.2) is 0 Å². The van der Waals surface area contributed by atoms with Crippen LogP contribution in [0.3, 0.4) is 0 Å². The highest BCUT2D eigenvalue weighted by molar-refractivity contribution is 5.77. The fraction of sp³-hybridized carbons (Fsp3) is 0.276. The first kappa shape index (κ1) is 24.1. The number of hydrogen-bond acceptors (Lipinski definition) is 3. The van der Waals surface area contributed by atoms with Crippen LogP contribution in [0.1, 0.15) is 39.7 Å². The number of carboxylic acid groups (broad SMARTS) is 1. The van der Waals surface area contributed by atoms with Gasteiger partial charge < -0.3 is 14.6 Å². The maximum atomic E-state index is 11.4. The maximum Gasteiger partial charge on any atom is 0.347 e. The summed E-state index contributed by atoms with van der Waals surface area (Å²) in [7, 11) is 0. The Bertz CT molecular complexity index is 1070. The lowest BCUT2D eigenvalue weighted by molar-refractivity contribution is -0.154. The molecule has 1 unspecified atom stereocenters. The number of ether oxygens (including phenoxy) is 2. The topological polar surface area (TPSA) is 55.8 Å². The van der Waals surface area contributed by atoms with E-state index < -0.39 is 11.6 Å². The van der Waals surface area contributed by atoms with Crippen LogP contribution in [0.25, 0.3) is 17.2 Å². The monoisotopic (exact) mass is 444 g/mol. The summed E-state index contributed by atoms with van der Waals surface area (Å²) in [5.74, 6) is 0.574. The average Bonchev–Trinajstić information content (AvgIpc) is 2.83. The van der Waals surface area contributed by atoms with Crippen LogP contribution in [-0.2, 0) is 4.79 Å². The molecule has 172 valence electrons. The van der Waals surface area contributed by atoms with Crippen LogP contribution < -0.4 is 9.47 Å². The molecule has 0 spiro atoms. The fourth-order valence-electron chi connectivity index (χ4n) is 3.29. The molecule has 0 aromatic heterocycles. The smallest absolute Gasteiger partial charge is 0.347 e. The van der Waals surface area contributed by atoms with Crippen molar-refractivity contribution in [2.75, 3.05) is 6.61 Å². The summed E-state index contributed by atoms with van der Waals surface area (Å²) < 4.78 is 11.7. The molecule has 4 nitrogen and oxygen atoms in total. The molecule has 4 heteroatoms. The predicted octanol–water partition coefficient (Wildman–Crippen LogP) is 7.10. The van der Waals surface area contributed by atoms with Crippen LogP contribution in [-0.4, -0.2) is 23.3 Å². The van der Waals surface area contributed by atoms with Gasteiger partial charge in [0.05, 0.1) is 0 Å². The van der Waals surface area contributed by atoms with Gasteiger partial charge in [-0.25, -0.2) is 4.79 Å². The van der Waals surface area contributed by atoms with E-state index in [4.69, 9.17) is 9.47 Å². The number of aliphatic carboxylic acids is 1. The van der Waals surface area contributed by atoms with Gasteiger partial charge in [-0.05, 0) is 65.8 Å². The van der Waals surface area contributed by atoms with Crippen molar-refractivity contribution >= 4 is 12.0 Å². The molecule has 0 aliphatic heterocycles. The lowest BCUT2D eigenvalue weighted by Crippen LogP contribution is -2.40. The standard InChI is InChI=1S/C29H32O4/c1-5-29(4,28(30)31)33-27-17-15-26(16-18-27)32-20-25(21(2)3)19-22-11-13-24(14-12-22)23-9-7-6-8-10-23/h6-19,21H,5,20H2,1-4H3,(H,30,31)/b25-19+. The number of benzene rings is 3. The highest BCUT2D eigenvalue weighted by atomic mass is 16.5. The van der Waals surface area contributed by atoms with Crippen molar-refractivity contribution in [1.82, 2.24) is 0 Å². The molecule has 0 bridgehead atoms. The average molecular weight is 445 g/mol. The first-order valence-electron chi connectivity index (χ1n) is 11.3. The third-order valence-corrected chi connectivity index (χ3v) is 5.81. The third kappa shape index (κ3) is 6.48. The van der Waals surface area contributed by atoms with Gasteiger partial charge in [0.1, 0.15) is 18.1 Å². The number of rotatable bonds is 10. The molecule has 33 heavy (non-hydrogen) atoms. The van der Waals surface area contributed by atoms with E-state index in [1.54, 1.807) is 38.1 Å². The molecule has 1 atom stereocenters. The normalized spacial score (nSPS) is 13.4. The zero-order valence-corrected chi connectivity index (χ0v) is 19.7. The molecule has 0 aliphatic carbocycles. The Morgan fingerprint density at radius 3 is 2.03 bits per heavy atom. The van der Waals surface area contributed by atoms with Crippen molar-refractivity contribution in [1.29, 1.82) is 0 Å². The summed E-state index contributed by atoms with van der Waals surface area (Å²) in [6, 6.07) is 26.0. The molecular formula is C29H32O4. The molecule has 0 radical (unpaired) electrons. The highest BCUT2D eigenvalue weighted by Gasteiger charge is 2.33. The Labute approximate surface area is 196 Å². The van der Waals surface area contributed by atoms with Crippen molar-refractivity contribution in [3.05, 3.63) is 90.0 Å². The van der Waals surface area contributed by atoms with Gasteiger partial charge in [-0.15, -0.1) is 0 Å². The second-order valence-electron chi connectivity index (χ2n) is 8.61. The molecule has 1 N–H and O–H groups in total. The van der Waals surface area contributed by atoms with Crippen molar-refractivity contribution in [2.45, 2.75) is 39.7 Å². The summed E-state index contributed by atoms with van der Waals surface area (Å²) in [5.41, 5.74) is 3.48. The molecule has 3 rings (SSSR count). The van der Waals surface area contributed by atoms with Gasteiger partial charge in [-0.1, -0.05) is 81.4 Å². The van der Waals surface area contributed by atoms with Gasteiger partial charge in [0.25, 0.3) is 0 Å². The molecule has 0 aliphatic rings. The first-order chi connectivity index (χ1) is 15.8. The maximum absolute atomic E-state index is 11.4. The zero-order valence-electron chi connectivity index (χ0n) is 19.7. The van der Waals surface area contributed by atoms with E-state index in [0.717, 1.165) is 5.56 Å². The van der Waals surface area contributed by atoms with E-state index >= 15 is 0 Å². The summed E-state index contributed by atoms with van der Waals surface area (Å²) >= 11 is 0. The molecule has 0 fully saturated rings. The number of carboxylic acids is 1. The minimum Gasteiger partial charge on any atom is -0.489 e. The van der Waals surface area contributed by atoms with Crippen LogP contribution in [0.4, 0.5) is 0 Å². The Morgan fingerprint density at radius 1 is 0.909 bits per heavy atom. The van der Waals surface area contributed by atoms with E-state index in [0.29, 0.717) is 30.4 Å². The molecule has 0 amide bonds. The largest absolute Gasteiger partial charge is 0.489 e. The summed E-state index contributed by atoms with van der Waals surface area (Å²) in [6.45, 7) is 8.15. The molecule has 3 aromatic carbocycles. The minimum atomic E-state index is -1.24. The predicted molar refractivity (Wildman–Crippen MR) is 134 cm³/mol. The first-order valence-corrected chi connectivity index (χ1v) is 11.3. The van der Waals surface area contributed by atoms with E-state index in [-0.39, 0.29) is 0 Å². The molecule has 3 aromatic rings. The highest BCUT2D eigenvalue weighted by Crippen LogP contribution is 2.26. The summed E-state index contributed by atoms with van der Waals surface area (Å²) in [4.78, 5) is 11.4. The Morgan fingerprint density at radius 2 is 1.48 bits per heavy atom. The van der Waals surface area contributed by atoms with Gasteiger partial charge >= 0.3 is 5.97 Å². The van der Waals surface area contributed by atoms with Gasteiger partial charge in [-0.2, -0.15) is 0 Å². The molecule has 0 heterocycles. The van der Waals surface area contributed by atoms with Crippen LogP contribution in [0.2, 0.25) is 0 Å². The Kier molecular flexibility index (Phi) is 7.94. The van der Waals surface area contributed by atoms with Gasteiger partial charge in [0, 0.05) is 0 Å². The second-order valence-corrected chi connectivity index (χ2v) is 8.61. The lowest BCUT2D eigenvalue weighted by Gasteiger charge is -2.24. The lowest BCUT2D eigenvalue weighted by atomic mass is 9.99. The van der Waals surface area contributed by atoms with E-state index in [9.17, 15) is 9.90 Å². The summed E-state index contributed by atoms with van der Waals surface area (Å²) in [6.07, 6.45) is 2.55. The quantitative estimate of drug-likeness (QED) is 0.362. The van der Waals surface area contributed by atoms with Crippen LogP contribution >= 0.6 is 0 Å². The van der Waals surface area contributed by atoms with E-state index in [2.05, 4.69) is 56.3 Å². The Balaban J connectivity index is 1.66. The number of carbonyl (C=O) groups is 1. The SMILES string of the molecule is CCC(C)(Oc1ccc(OC/C(=C\c2ccc(-c3ccccc3)cc2)C(C)C)cc1)C(=O)O. The van der Waals surface area contributed by atoms with Crippen molar-refractivity contribution in [2.24, 2.45) is 5.92 Å². The van der Waals surface area contributed by atoms with Crippen molar-refractivity contribution in [3.8, 4) is 22.6 Å². The van der Waals surface area contributed by atoms with Crippen molar-refractivity contribution < 1.29 is 19.4 Å². The van der Waals surface area contributed by atoms with E-state index in [1.807, 2.05) is 18.2 Å². The van der Waals surface area contributed by atoms with Crippen LogP contribution in [0.15, 0.2) is 84.4 Å². The van der Waals surface area contributed by atoms with Crippen molar-refractivity contribution in [3.63, 3.8) is 0 Å². The van der Waals surface area contributed by atoms with Crippen LogP contribution in [0.5, 0.6) is 11.5 Å². The molecular weight excluding hydrogens is 412 g/mol. The van der Waals surface area contributed by atoms with Gasteiger partial charge in [-0.3, -0.25) is 0 Å². The van der Waals surface area contributed by atoms with Crippen LogP contribution in [0, 0.1) is 5.92 Å².